The van der Waals surface area contributed by atoms with E-state index in [2.05, 4.69) is 9.98 Å². The maximum atomic E-state index is 5.60. The predicted molar refractivity (Wildman–Crippen MR) is 51.1 cm³/mol. The van der Waals surface area contributed by atoms with E-state index in [1.165, 1.54) is 0 Å². The Kier molecular flexibility index (Phi) is 3.05. The van der Waals surface area contributed by atoms with Gasteiger partial charge in [0.25, 0.3) is 0 Å². The molecule has 12 heavy (non-hydrogen) atoms. The van der Waals surface area contributed by atoms with Gasteiger partial charge >= 0.3 is 0 Å². The highest BCUT2D eigenvalue weighted by Gasteiger charge is 1.89. The van der Waals surface area contributed by atoms with E-state index < -0.39 is 0 Å². The Morgan fingerprint density at radius 3 is 2.75 bits per heavy atom. The monoisotopic (exact) mass is 183 g/mol. The topological polar surface area (TPSA) is 28.5 Å². The van der Waals surface area contributed by atoms with E-state index in [0.29, 0.717) is 5.15 Å². The van der Waals surface area contributed by atoms with Gasteiger partial charge in [0.2, 0.25) is 0 Å². The van der Waals surface area contributed by atoms with Crippen LogP contribution in [0.5, 0.6) is 0 Å². The first-order chi connectivity index (χ1) is 5.68. The molecule has 3 nitrogen and oxygen atoms in total. The van der Waals surface area contributed by atoms with Crippen LogP contribution in [0.25, 0.3) is 0 Å². The van der Waals surface area contributed by atoms with Crippen molar-refractivity contribution in [1.29, 1.82) is 0 Å². The molecule has 0 N–H and O–H groups in total. The first-order valence-electron chi connectivity index (χ1n) is 3.50. The smallest absolute Gasteiger partial charge is 0.129 e. The lowest BCUT2D eigenvalue weighted by atomic mass is 10.4. The number of hydrogen-bond acceptors (Lipinski definition) is 2. The number of nitrogens with zero attached hydrogens (tertiary/aromatic N) is 3. The molecule has 1 aromatic rings. The van der Waals surface area contributed by atoms with Crippen LogP contribution in [0.3, 0.4) is 0 Å². The average molecular weight is 184 g/mol. The Balaban J connectivity index is 2.71. The molecule has 0 saturated heterocycles. The summed E-state index contributed by atoms with van der Waals surface area (Å²) in [4.78, 5) is 9.87. The van der Waals surface area contributed by atoms with Crippen LogP contribution in [0.1, 0.15) is 0 Å². The molecule has 1 aromatic heterocycles. The van der Waals surface area contributed by atoms with Crippen LogP contribution in [0.15, 0.2) is 23.3 Å². The minimum absolute atomic E-state index is 0.485. The van der Waals surface area contributed by atoms with Gasteiger partial charge in [0.05, 0.1) is 18.2 Å². The van der Waals surface area contributed by atoms with E-state index in [9.17, 15) is 0 Å². The summed E-state index contributed by atoms with van der Waals surface area (Å²) in [5, 5.41) is 0.485. The molecule has 0 radical (unpaired) electrons. The highest BCUT2D eigenvalue weighted by molar-refractivity contribution is 6.29. The number of rotatable bonds is 2. The zero-order valence-corrected chi connectivity index (χ0v) is 7.78. The van der Waals surface area contributed by atoms with Gasteiger partial charge in [0.1, 0.15) is 5.15 Å². The van der Waals surface area contributed by atoms with E-state index in [1.807, 2.05) is 25.1 Å². The zero-order valence-electron chi connectivity index (χ0n) is 7.03. The first kappa shape index (κ1) is 9.00. The molecule has 0 spiro atoms. The third kappa shape index (κ3) is 2.88. The Morgan fingerprint density at radius 2 is 2.25 bits per heavy atom. The minimum Gasteiger partial charge on any atom is -0.369 e. The zero-order chi connectivity index (χ0) is 8.97. The van der Waals surface area contributed by atoms with Crippen molar-refractivity contribution in [2.75, 3.05) is 14.1 Å². The molecule has 0 aromatic carbocycles. The van der Waals surface area contributed by atoms with Gasteiger partial charge in [0, 0.05) is 14.1 Å². The molecule has 0 aliphatic heterocycles. The normalized spacial score (nSPS) is 10.6. The molecule has 4 heteroatoms. The molecule has 0 bridgehead atoms. The molecule has 1 rings (SSSR count). The number of halogens is 1. The van der Waals surface area contributed by atoms with Crippen LogP contribution >= 0.6 is 11.6 Å². The van der Waals surface area contributed by atoms with Crippen LogP contribution < -0.4 is 0 Å². The quantitative estimate of drug-likeness (QED) is 0.399. The van der Waals surface area contributed by atoms with Gasteiger partial charge < -0.3 is 4.90 Å². The molecule has 64 valence electrons. The van der Waals surface area contributed by atoms with Crippen LogP contribution in [-0.4, -0.2) is 30.3 Å². The largest absolute Gasteiger partial charge is 0.369 e. The van der Waals surface area contributed by atoms with E-state index in [0.717, 1.165) is 5.69 Å². The lowest BCUT2D eigenvalue weighted by molar-refractivity contribution is 0.643. The third-order valence-corrected chi connectivity index (χ3v) is 1.37. The van der Waals surface area contributed by atoms with Gasteiger partial charge in [0.15, 0.2) is 0 Å². The second-order valence-corrected chi connectivity index (χ2v) is 2.93. The van der Waals surface area contributed by atoms with Gasteiger partial charge in [-0.3, -0.25) is 0 Å². The first-order valence-corrected chi connectivity index (χ1v) is 3.88. The molecule has 0 aliphatic carbocycles. The molecular weight excluding hydrogens is 174 g/mol. The summed E-state index contributed by atoms with van der Waals surface area (Å²) in [6.07, 6.45) is 3.34. The second kappa shape index (κ2) is 4.07. The van der Waals surface area contributed by atoms with Crippen molar-refractivity contribution in [2.24, 2.45) is 4.99 Å². The molecule has 1 heterocycles. The summed E-state index contributed by atoms with van der Waals surface area (Å²) in [7, 11) is 3.82. The fourth-order valence-electron chi connectivity index (χ4n) is 0.627. The van der Waals surface area contributed by atoms with Crippen LogP contribution in [0.4, 0.5) is 5.69 Å². The summed E-state index contributed by atoms with van der Waals surface area (Å²) in [6.45, 7) is 0. The van der Waals surface area contributed by atoms with Crippen molar-refractivity contribution in [2.45, 2.75) is 0 Å². The molecule has 0 aliphatic rings. The highest BCUT2D eigenvalue weighted by Crippen LogP contribution is 2.11. The summed E-state index contributed by atoms with van der Waals surface area (Å²) in [5.74, 6) is 0. The molecule has 0 amide bonds. The highest BCUT2D eigenvalue weighted by atomic mass is 35.5. The lowest BCUT2D eigenvalue weighted by Gasteiger charge is -2.01. The van der Waals surface area contributed by atoms with Crippen LogP contribution in [-0.2, 0) is 0 Å². The lowest BCUT2D eigenvalue weighted by Crippen LogP contribution is -2.06. The standard InChI is InChI=1S/C8H10ClN3/c1-12(2)6-11-7-3-4-8(9)10-5-7/h3-6H,1-2H3. The van der Waals surface area contributed by atoms with E-state index in [-0.39, 0.29) is 0 Å². The summed E-state index contributed by atoms with van der Waals surface area (Å²) in [6, 6.07) is 3.53. The van der Waals surface area contributed by atoms with Crippen molar-refractivity contribution >= 4 is 23.6 Å². The van der Waals surface area contributed by atoms with E-state index in [4.69, 9.17) is 11.6 Å². The number of aromatic nitrogens is 1. The van der Waals surface area contributed by atoms with Gasteiger partial charge in [-0.25, -0.2) is 9.98 Å². The maximum Gasteiger partial charge on any atom is 0.129 e. The Bertz CT molecular complexity index is 266. The molecule has 0 fully saturated rings. The van der Waals surface area contributed by atoms with Crippen LogP contribution in [0.2, 0.25) is 5.15 Å². The van der Waals surface area contributed by atoms with Gasteiger partial charge in [-0.1, -0.05) is 11.6 Å². The number of pyridine rings is 1. The van der Waals surface area contributed by atoms with E-state index in [1.54, 1.807) is 18.6 Å². The third-order valence-electron chi connectivity index (χ3n) is 1.15. The number of hydrogen-bond donors (Lipinski definition) is 0. The van der Waals surface area contributed by atoms with Gasteiger partial charge in [-0.2, -0.15) is 0 Å². The van der Waals surface area contributed by atoms with Crippen molar-refractivity contribution in [3.05, 3.63) is 23.5 Å². The molecule has 0 saturated carbocycles. The van der Waals surface area contributed by atoms with Crippen molar-refractivity contribution in [1.82, 2.24) is 9.88 Å². The Hall–Kier alpha value is -1.09. The predicted octanol–water partition coefficient (Wildman–Crippen LogP) is 1.96. The molecule has 0 atom stereocenters. The summed E-state index contributed by atoms with van der Waals surface area (Å²) in [5.41, 5.74) is 0.799. The minimum atomic E-state index is 0.485. The van der Waals surface area contributed by atoms with E-state index >= 15 is 0 Å². The molecule has 0 unspecified atom stereocenters. The van der Waals surface area contributed by atoms with Crippen molar-refractivity contribution < 1.29 is 0 Å². The SMILES string of the molecule is CN(C)C=Nc1ccc(Cl)nc1. The maximum absolute atomic E-state index is 5.60. The van der Waals surface area contributed by atoms with Crippen molar-refractivity contribution in [3.63, 3.8) is 0 Å². The van der Waals surface area contributed by atoms with Crippen LogP contribution in [0, 0.1) is 0 Å². The summed E-state index contributed by atoms with van der Waals surface area (Å²) < 4.78 is 0. The van der Waals surface area contributed by atoms with Gasteiger partial charge in [-0.15, -0.1) is 0 Å². The Labute approximate surface area is 76.7 Å². The van der Waals surface area contributed by atoms with Crippen molar-refractivity contribution in [3.8, 4) is 0 Å². The fraction of sp³-hybridized carbons (Fsp3) is 0.250. The summed E-state index contributed by atoms with van der Waals surface area (Å²) >= 11 is 5.60. The fourth-order valence-corrected chi connectivity index (χ4v) is 0.738. The molecular formula is C8H10ClN3. The second-order valence-electron chi connectivity index (χ2n) is 2.55. The van der Waals surface area contributed by atoms with Gasteiger partial charge in [-0.05, 0) is 12.1 Å². The average Bonchev–Trinajstić information content (AvgIpc) is 2.03. The Morgan fingerprint density at radius 1 is 1.50 bits per heavy atom. The number of aliphatic imine (C=N–C) groups is 1.